The molecule has 3 amide bonds. The van der Waals surface area contributed by atoms with Crippen LogP contribution >= 0.6 is 0 Å². The number of hydrogen-bond donors (Lipinski definition) is 0. The summed E-state index contributed by atoms with van der Waals surface area (Å²) in [5.74, 6) is 0.473. The first kappa shape index (κ1) is 11.6. The van der Waals surface area contributed by atoms with Crippen molar-refractivity contribution >= 4 is 17.7 Å². The number of fused-ring (bicyclic) bond motifs is 2. The molecule has 102 valence electrons. The number of nitrogens with zero attached hydrogens (tertiary/aromatic N) is 2. The molecule has 5 heteroatoms. The largest absolute Gasteiger partial charge is 0.341 e. The van der Waals surface area contributed by atoms with Crippen molar-refractivity contribution in [3.05, 3.63) is 35.4 Å². The van der Waals surface area contributed by atoms with Crippen LogP contribution in [0.3, 0.4) is 0 Å². The summed E-state index contributed by atoms with van der Waals surface area (Å²) in [6, 6.07) is 6.71. The maximum absolute atomic E-state index is 12.2. The Hall–Kier alpha value is -2.17. The number of rotatable bonds is 2. The SMILES string of the molecule is O=C(CN1C(=O)c2ccccc2C1=O)N1CC2CC2C1. The van der Waals surface area contributed by atoms with Gasteiger partial charge in [0.15, 0.2) is 0 Å². The van der Waals surface area contributed by atoms with Gasteiger partial charge in [-0.25, -0.2) is 0 Å². The monoisotopic (exact) mass is 270 g/mol. The lowest BCUT2D eigenvalue weighted by Gasteiger charge is -2.21. The van der Waals surface area contributed by atoms with E-state index in [-0.39, 0.29) is 24.3 Å². The highest BCUT2D eigenvalue weighted by atomic mass is 16.2. The topological polar surface area (TPSA) is 57.7 Å². The average Bonchev–Trinajstić information content (AvgIpc) is 3.01. The predicted molar refractivity (Wildman–Crippen MR) is 70.0 cm³/mol. The summed E-state index contributed by atoms with van der Waals surface area (Å²) >= 11 is 0. The van der Waals surface area contributed by atoms with E-state index in [9.17, 15) is 14.4 Å². The Labute approximate surface area is 116 Å². The Morgan fingerprint density at radius 2 is 1.60 bits per heavy atom. The smallest absolute Gasteiger partial charge is 0.262 e. The Morgan fingerprint density at radius 1 is 1.05 bits per heavy atom. The number of carbonyl (C=O) groups is 3. The lowest BCUT2D eigenvalue weighted by molar-refractivity contribution is -0.130. The molecule has 0 radical (unpaired) electrons. The van der Waals surface area contributed by atoms with Crippen molar-refractivity contribution in [2.45, 2.75) is 6.42 Å². The zero-order valence-corrected chi connectivity index (χ0v) is 10.9. The van der Waals surface area contributed by atoms with Crippen LogP contribution in [-0.4, -0.2) is 47.2 Å². The van der Waals surface area contributed by atoms with Gasteiger partial charge in [-0.2, -0.15) is 0 Å². The van der Waals surface area contributed by atoms with Crippen molar-refractivity contribution in [1.29, 1.82) is 0 Å². The van der Waals surface area contributed by atoms with Crippen molar-refractivity contribution in [2.24, 2.45) is 11.8 Å². The predicted octanol–water partition coefficient (Wildman–Crippen LogP) is 0.761. The quantitative estimate of drug-likeness (QED) is 0.746. The third-order valence-corrected chi connectivity index (χ3v) is 4.50. The molecule has 1 saturated heterocycles. The summed E-state index contributed by atoms with van der Waals surface area (Å²) in [6.45, 7) is 1.44. The summed E-state index contributed by atoms with van der Waals surface area (Å²) in [5, 5.41) is 0. The Balaban J connectivity index is 1.51. The number of piperidine rings is 1. The Morgan fingerprint density at radius 3 is 2.15 bits per heavy atom. The summed E-state index contributed by atoms with van der Waals surface area (Å²) in [5.41, 5.74) is 0.795. The molecule has 20 heavy (non-hydrogen) atoms. The van der Waals surface area contributed by atoms with Gasteiger partial charge < -0.3 is 4.90 Å². The van der Waals surface area contributed by atoms with Crippen molar-refractivity contribution in [2.75, 3.05) is 19.6 Å². The van der Waals surface area contributed by atoms with Gasteiger partial charge in [0.25, 0.3) is 11.8 Å². The minimum absolute atomic E-state index is 0.119. The van der Waals surface area contributed by atoms with E-state index in [0.717, 1.165) is 18.0 Å². The zero-order chi connectivity index (χ0) is 13.9. The van der Waals surface area contributed by atoms with E-state index in [2.05, 4.69) is 0 Å². The lowest BCUT2D eigenvalue weighted by atomic mass is 10.1. The highest BCUT2D eigenvalue weighted by Crippen LogP contribution is 2.44. The van der Waals surface area contributed by atoms with E-state index in [0.29, 0.717) is 23.0 Å². The van der Waals surface area contributed by atoms with Crippen LogP contribution in [0.5, 0.6) is 0 Å². The van der Waals surface area contributed by atoms with E-state index in [1.54, 1.807) is 29.2 Å². The molecule has 2 fully saturated rings. The first-order valence-electron chi connectivity index (χ1n) is 6.88. The van der Waals surface area contributed by atoms with Crippen molar-refractivity contribution in [3.63, 3.8) is 0 Å². The molecule has 1 saturated carbocycles. The van der Waals surface area contributed by atoms with Gasteiger partial charge in [-0.3, -0.25) is 19.3 Å². The van der Waals surface area contributed by atoms with Crippen LogP contribution in [0.1, 0.15) is 27.1 Å². The molecule has 0 bridgehead atoms. The van der Waals surface area contributed by atoms with Gasteiger partial charge in [0, 0.05) is 13.1 Å². The maximum Gasteiger partial charge on any atom is 0.262 e. The van der Waals surface area contributed by atoms with Gasteiger partial charge in [-0.1, -0.05) is 12.1 Å². The minimum atomic E-state index is -0.358. The molecule has 5 nitrogen and oxygen atoms in total. The van der Waals surface area contributed by atoms with E-state index >= 15 is 0 Å². The number of carbonyl (C=O) groups excluding carboxylic acids is 3. The molecule has 0 N–H and O–H groups in total. The normalized spacial score (nSPS) is 26.8. The summed E-state index contributed by atoms with van der Waals surface area (Å²) in [6.07, 6.45) is 1.22. The van der Waals surface area contributed by atoms with Crippen molar-refractivity contribution in [3.8, 4) is 0 Å². The molecule has 1 aromatic rings. The Bertz CT molecular complexity index is 595. The minimum Gasteiger partial charge on any atom is -0.341 e. The zero-order valence-electron chi connectivity index (χ0n) is 10.9. The van der Waals surface area contributed by atoms with Gasteiger partial charge in [0.1, 0.15) is 6.54 Å². The highest BCUT2D eigenvalue weighted by Gasteiger charge is 2.47. The second-order valence-electron chi connectivity index (χ2n) is 5.80. The van der Waals surface area contributed by atoms with Crippen molar-refractivity contribution < 1.29 is 14.4 Å². The fourth-order valence-corrected chi connectivity index (χ4v) is 3.22. The van der Waals surface area contributed by atoms with Crippen LogP contribution in [0.15, 0.2) is 24.3 Å². The molecular weight excluding hydrogens is 256 g/mol. The lowest BCUT2D eigenvalue weighted by Crippen LogP contribution is -2.42. The molecule has 3 aliphatic rings. The molecule has 2 aliphatic heterocycles. The standard InChI is InChI=1S/C15H14N2O3/c18-13(16-6-9-5-10(9)7-16)8-17-14(19)11-3-1-2-4-12(11)15(17)20/h1-4,9-10H,5-8H2. The second-order valence-corrected chi connectivity index (χ2v) is 5.80. The van der Waals surface area contributed by atoms with E-state index in [1.165, 1.54) is 6.42 Å². The van der Waals surface area contributed by atoms with Crippen LogP contribution < -0.4 is 0 Å². The number of imide groups is 1. The first-order valence-corrected chi connectivity index (χ1v) is 6.88. The first-order chi connectivity index (χ1) is 9.65. The number of amides is 3. The van der Waals surface area contributed by atoms with Gasteiger partial charge in [0.2, 0.25) is 5.91 Å². The average molecular weight is 270 g/mol. The van der Waals surface area contributed by atoms with Crippen LogP contribution in [0.2, 0.25) is 0 Å². The van der Waals surface area contributed by atoms with E-state index < -0.39 is 0 Å². The maximum atomic E-state index is 12.2. The van der Waals surface area contributed by atoms with Crippen LogP contribution in [0, 0.1) is 11.8 Å². The fourth-order valence-electron chi connectivity index (χ4n) is 3.22. The highest BCUT2D eigenvalue weighted by molar-refractivity contribution is 6.22. The molecule has 0 spiro atoms. The second kappa shape index (κ2) is 3.91. The van der Waals surface area contributed by atoms with Crippen LogP contribution in [0.4, 0.5) is 0 Å². The summed E-state index contributed by atoms with van der Waals surface area (Å²) in [7, 11) is 0. The molecule has 1 aliphatic carbocycles. The number of hydrogen-bond acceptors (Lipinski definition) is 3. The van der Waals surface area contributed by atoms with Crippen LogP contribution in [0.25, 0.3) is 0 Å². The van der Waals surface area contributed by atoms with Gasteiger partial charge >= 0.3 is 0 Å². The molecule has 4 rings (SSSR count). The molecular formula is C15H14N2O3. The van der Waals surface area contributed by atoms with E-state index in [1.807, 2.05) is 0 Å². The summed E-state index contributed by atoms with van der Waals surface area (Å²) in [4.78, 5) is 39.4. The third-order valence-electron chi connectivity index (χ3n) is 4.50. The number of likely N-dealkylation sites (tertiary alicyclic amines) is 1. The molecule has 2 atom stereocenters. The molecule has 2 heterocycles. The fraction of sp³-hybridized carbons (Fsp3) is 0.400. The summed E-state index contributed by atoms with van der Waals surface area (Å²) < 4.78 is 0. The van der Waals surface area contributed by atoms with E-state index in [4.69, 9.17) is 0 Å². The molecule has 1 aromatic carbocycles. The Kier molecular flexibility index (Phi) is 2.28. The third kappa shape index (κ3) is 1.59. The van der Waals surface area contributed by atoms with Crippen molar-refractivity contribution in [1.82, 2.24) is 9.80 Å². The number of benzene rings is 1. The van der Waals surface area contributed by atoms with Gasteiger partial charge in [-0.05, 0) is 30.4 Å². The van der Waals surface area contributed by atoms with Gasteiger partial charge in [0.05, 0.1) is 11.1 Å². The molecule has 0 aromatic heterocycles. The molecule has 2 unspecified atom stereocenters. The van der Waals surface area contributed by atoms with Crippen LogP contribution in [-0.2, 0) is 4.79 Å². The van der Waals surface area contributed by atoms with Gasteiger partial charge in [-0.15, -0.1) is 0 Å².